The fourth-order valence-electron chi connectivity index (χ4n) is 2.03. The lowest BCUT2D eigenvalue weighted by atomic mass is 9.95. The molecule has 1 aromatic heterocycles. The topological polar surface area (TPSA) is 97.1 Å². The first-order valence-corrected chi connectivity index (χ1v) is 6.40. The van der Waals surface area contributed by atoms with Crippen LogP contribution in [-0.2, 0) is 11.3 Å². The second kappa shape index (κ2) is 6.86. The van der Waals surface area contributed by atoms with Gasteiger partial charge in [-0.05, 0) is 12.8 Å². The lowest BCUT2D eigenvalue weighted by Crippen LogP contribution is -2.39. The lowest BCUT2D eigenvalue weighted by Gasteiger charge is -2.22. The molecule has 0 aromatic carbocycles. The zero-order valence-electron chi connectivity index (χ0n) is 11.5. The molecular formula is C12H20N4O3. The van der Waals surface area contributed by atoms with Crippen LogP contribution in [0.25, 0.3) is 0 Å². The molecule has 0 aliphatic heterocycles. The SMILES string of the molecule is CCC(CC)C(C)NC(=O)Cn1cc(C(=O)O)nn1. The zero-order chi connectivity index (χ0) is 14.4. The van der Waals surface area contributed by atoms with Crippen LogP contribution in [0.3, 0.4) is 0 Å². The maximum Gasteiger partial charge on any atom is 0.358 e. The van der Waals surface area contributed by atoms with Gasteiger partial charge < -0.3 is 10.4 Å². The number of rotatable bonds is 7. The third-order valence-corrected chi connectivity index (χ3v) is 3.21. The lowest BCUT2D eigenvalue weighted by molar-refractivity contribution is -0.122. The molecule has 1 unspecified atom stereocenters. The summed E-state index contributed by atoms with van der Waals surface area (Å²) in [6.45, 7) is 6.13. The molecule has 0 radical (unpaired) electrons. The van der Waals surface area contributed by atoms with Gasteiger partial charge in [0.1, 0.15) is 6.54 Å². The number of hydrogen-bond donors (Lipinski definition) is 2. The maximum absolute atomic E-state index is 11.8. The third-order valence-electron chi connectivity index (χ3n) is 3.21. The monoisotopic (exact) mass is 268 g/mol. The molecule has 0 aliphatic rings. The average Bonchev–Trinajstić information content (AvgIpc) is 2.78. The molecule has 1 heterocycles. The van der Waals surface area contributed by atoms with Crippen molar-refractivity contribution < 1.29 is 14.7 Å². The van der Waals surface area contributed by atoms with Gasteiger partial charge in [-0.3, -0.25) is 4.79 Å². The molecular weight excluding hydrogens is 248 g/mol. The van der Waals surface area contributed by atoms with Gasteiger partial charge in [0.2, 0.25) is 5.91 Å². The van der Waals surface area contributed by atoms with E-state index in [4.69, 9.17) is 5.11 Å². The van der Waals surface area contributed by atoms with Gasteiger partial charge in [-0.2, -0.15) is 0 Å². The summed E-state index contributed by atoms with van der Waals surface area (Å²) in [7, 11) is 0. The highest BCUT2D eigenvalue weighted by Gasteiger charge is 2.16. The molecule has 0 saturated carbocycles. The van der Waals surface area contributed by atoms with E-state index in [0.29, 0.717) is 5.92 Å². The van der Waals surface area contributed by atoms with Crippen molar-refractivity contribution in [2.24, 2.45) is 5.92 Å². The summed E-state index contributed by atoms with van der Waals surface area (Å²) in [5.74, 6) is -0.910. The highest BCUT2D eigenvalue weighted by Crippen LogP contribution is 2.12. The number of amides is 1. The number of carboxylic acid groups (broad SMARTS) is 1. The minimum Gasteiger partial charge on any atom is -0.476 e. The second-order valence-corrected chi connectivity index (χ2v) is 4.54. The third kappa shape index (κ3) is 4.35. The van der Waals surface area contributed by atoms with Crippen LogP contribution in [0.4, 0.5) is 0 Å². The van der Waals surface area contributed by atoms with E-state index in [1.54, 1.807) is 0 Å². The zero-order valence-corrected chi connectivity index (χ0v) is 11.5. The molecule has 0 fully saturated rings. The molecule has 0 spiro atoms. The van der Waals surface area contributed by atoms with Crippen LogP contribution in [0, 0.1) is 5.92 Å². The molecule has 0 saturated heterocycles. The van der Waals surface area contributed by atoms with E-state index in [2.05, 4.69) is 29.5 Å². The van der Waals surface area contributed by atoms with E-state index < -0.39 is 5.97 Å². The van der Waals surface area contributed by atoms with Gasteiger partial charge in [-0.25, -0.2) is 9.48 Å². The normalized spacial score (nSPS) is 12.4. The van der Waals surface area contributed by atoms with Crippen molar-refractivity contribution >= 4 is 11.9 Å². The first-order chi connectivity index (χ1) is 8.97. The first-order valence-electron chi connectivity index (χ1n) is 6.40. The molecule has 0 aliphatic carbocycles. The average molecular weight is 268 g/mol. The van der Waals surface area contributed by atoms with Crippen molar-refractivity contribution in [3.05, 3.63) is 11.9 Å². The van der Waals surface area contributed by atoms with E-state index in [1.807, 2.05) is 6.92 Å². The van der Waals surface area contributed by atoms with Crippen molar-refractivity contribution in [2.45, 2.75) is 46.2 Å². The minimum absolute atomic E-state index is 0.0230. The van der Waals surface area contributed by atoms with E-state index in [1.165, 1.54) is 10.9 Å². The second-order valence-electron chi connectivity index (χ2n) is 4.54. The fraction of sp³-hybridized carbons (Fsp3) is 0.667. The Balaban J connectivity index is 2.52. The molecule has 19 heavy (non-hydrogen) atoms. The summed E-state index contributed by atoms with van der Waals surface area (Å²) < 4.78 is 1.22. The van der Waals surface area contributed by atoms with Gasteiger partial charge in [0, 0.05) is 6.04 Å². The Kier molecular flexibility index (Phi) is 5.47. The predicted octanol–water partition coefficient (Wildman–Crippen LogP) is 0.917. The largest absolute Gasteiger partial charge is 0.476 e. The highest BCUT2D eigenvalue weighted by molar-refractivity contribution is 5.84. The summed E-state index contributed by atoms with van der Waals surface area (Å²) in [5.41, 5.74) is -0.166. The number of aromatic nitrogens is 3. The van der Waals surface area contributed by atoms with Gasteiger partial charge in [-0.1, -0.05) is 31.9 Å². The van der Waals surface area contributed by atoms with Gasteiger partial charge in [-0.15, -0.1) is 5.10 Å². The molecule has 1 atom stereocenters. The number of aromatic carboxylic acids is 1. The summed E-state index contributed by atoms with van der Waals surface area (Å²) in [4.78, 5) is 22.4. The van der Waals surface area contributed by atoms with Crippen molar-refractivity contribution in [3.8, 4) is 0 Å². The molecule has 7 nitrogen and oxygen atoms in total. The number of nitrogens with zero attached hydrogens (tertiary/aromatic N) is 3. The Morgan fingerprint density at radius 1 is 1.42 bits per heavy atom. The van der Waals surface area contributed by atoms with Crippen LogP contribution in [-0.4, -0.2) is 38.0 Å². The molecule has 2 N–H and O–H groups in total. The number of nitrogens with one attached hydrogen (secondary N) is 1. The van der Waals surface area contributed by atoms with Crippen LogP contribution in [0.5, 0.6) is 0 Å². The van der Waals surface area contributed by atoms with E-state index >= 15 is 0 Å². The quantitative estimate of drug-likeness (QED) is 0.766. The summed E-state index contributed by atoms with van der Waals surface area (Å²) in [6.07, 6.45) is 3.25. The van der Waals surface area contributed by atoms with Gasteiger partial charge in [0.05, 0.1) is 6.20 Å². The van der Waals surface area contributed by atoms with E-state index in [-0.39, 0.29) is 24.2 Å². The van der Waals surface area contributed by atoms with Crippen LogP contribution >= 0.6 is 0 Å². The summed E-state index contributed by atoms with van der Waals surface area (Å²) in [5, 5.41) is 18.6. The Morgan fingerprint density at radius 3 is 2.53 bits per heavy atom. The van der Waals surface area contributed by atoms with Crippen molar-refractivity contribution in [1.82, 2.24) is 20.3 Å². The highest BCUT2D eigenvalue weighted by atomic mass is 16.4. The predicted molar refractivity (Wildman–Crippen MR) is 68.7 cm³/mol. The molecule has 1 amide bonds. The van der Waals surface area contributed by atoms with Crippen LogP contribution in [0.15, 0.2) is 6.20 Å². The first kappa shape index (κ1) is 15.1. The Labute approximate surface area is 112 Å². The number of carbonyl (C=O) groups excluding carboxylic acids is 1. The van der Waals surface area contributed by atoms with Crippen LogP contribution in [0.1, 0.15) is 44.1 Å². The number of carboxylic acids is 1. The Morgan fingerprint density at radius 2 is 2.05 bits per heavy atom. The van der Waals surface area contributed by atoms with Gasteiger partial charge in [0.15, 0.2) is 5.69 Å². The summed E-state index contributed by atoms with van der Waals surface area (Å²) >= 11 is 0. The molecule has 1 rings (SSSR count). The standard InChI is InChI=1S/C12H20N4O3/c1-4-9(5-2)8(3)13-11(17)7-16-6-10(12(18)19)14-15-16/h6,8-9H,4-5,7H2,1-3H3,(H,13,17)(H,18,19). The van der Waals surface area contributed by atoms with Crippen molar-refractivity contribution in [3.63, 3.8) is 0 Å². The molecule has 0 bridgehead atoms. The van der Waals surface area contributed by atoms with Crippen LogP contribution in [0.2, 0.25) is 0 Å². The van der Waals surface area contributed by atoms with Crippen molar-refractivity contribution in [1.29, 1.82) is 0 Å². The Hall–Kier alpha value is -1.92. The fourth-order valence-corrected chi connectivity index (χ4v) is 2.03. The van der Waals surface area contributed by atoms with Crippen molar-refractivity contribution in [2.75, 3.05) is 0 Å². The van der Waals surface area contributed by atoms with E-state index in [9.17, 15) is 9.59 Å². The smallest absolute Gasteiger partial charge is 0.358 e. The van der Waals surface area contributed by atoms with Gasteiger partial charge in [0.25, 0.3) is 0 Å². The van der Waals surface area contributed by atoms with Gasteiger partial charge >= 0.3 is 5.97 Å². The molecule has 7 heteroatoms. The maximum atomic E-state index is 11.8. The van der Waals surface area contributed by atoms with E-state index in [0.717, 1.165) is 12.8 Å². The number of hydrogen-bond acceptors (Lipinski definition) is 4. The number of carbonyl (C=O) groups is 2. The molecule has 1 aromatic rings. The molecule has 106 valence electrons. The Bertz CT molecular complexity index is 440. The van der Waals surface area contributed by atoms with Crippen LogP contribution < -0.4 is 5.32 Å². The minimum atomic E-state index is -1.16. The summed E-state index contributed by atoms with van der Waals surface area (Å²) in [6, 6.07) is 0.0879.